The summed E-state index contributed by atoms with van der Waals surface area (Å²) in [4.78, 5) is 12.9. The molecule has 0 radical (unpaired) electrons. The van der Waals surface area contributed by atoms with Crippen LogP contribution in [0, 0.1) is 13.8 Å². The average Bonchev–Trinajstić information content (AvgIpc) is 2.58. The highest BCUT2D eigenvalue weighted by Crippen LogP contribution is 2.32. The molecule has 0 aliphatic heterocycles. The highest BCUT2D eigenvalue weighted by Gasteiger charge is 2.31. The predicted molar refractivity (Wildman–Crippen MR) is 116 cm³/mol. The topological polar surface area (TPSA) is 66.5 Å². The Bertz CT molecular complexity index is 993. The fourth-order valence-corrected chi connectivity index (χ4v) is 4.68. The van der Waals surface area contributed by atoms with Gasteiger partial charge < -0.3 is 5.32 Å². The largest absolute Gasteiger partial charge is 0.348 e. The molecule has 0 fully saturated rings. The molecule has 5 nitrogen and oxygen atoms in total. The zero-order valence-electron chi connectivity index (χ0n) is 16.5. The second-order valence-electron chi connectivity index (χ2n) is 6.92. The molecule has 1 amide bonds. The Morgan fingerprint density at radius 2 is 1.71 bits per heavy atom. The third kappa shape index (κ3) is 5.19. The molecule has 8 heteroatoms. The maximum absolute atomic E-state index is 12.9. The summed E-state index contributed by atoms with van der Waals surface area (Å²) >= 11 is 12.2. The molecule has 0 aromatic heterocycles. The zero-order valence-corrected chi connectivity index (χ0v) is 18.8. The smallest absolute Gasteiger partial charge is 0.244 e. The molecule has 2 aromatic rings. The SMILES string of the molecule is Cc1ccc(C)c(C(C)NC(=O)C(C)N(c2cc(Cl)ccc2Cl)S(C)(=O)=O)c1. The van der Waals surface area contributed by atoms with E-state index in [1.54, 1.807) is 6.07 Å². The zero-order chi connectivity index (χ0) is 21.2. The van der Waals surface area contributed by atoms with Crippen LogP contribution in [0.5, 0.6) is 0 Å². The normalized spacial score (nSPS) is 13.7. The average molecular weight is 443 g/mol. The van der Waals surface area contributed by atoms with E-state index in [0.717, 1.165) is 27.3 Å². The van der Waals surface area contributed by atoms with Crippen molar-refractivity contribution in [1.82, 2.24) is 5.32 Å². The van der Waals surface area contributed by atoms with Crippen LogP contribution in [0.15, 0.2) is 36.4 Å². The van der Waals surface area contributed by atoms with Gasteiger partial charge in [-0.1, -0.05) is 47.0 Å². The van der Waals surface area contributed by atoms with Gasteiger partial charge in [0.05, 0.1) is 23.0 Å². The number of hydrogen-bond acceptors (Lipinski definition) is 3. The van der Waals surface area contributed by atoms with E-state index in [0.29, 0.717) is 5.02 Å². The molecule has 0 saturated carbocycles. The molecular formula is C20H24Cl2N2O3S. The molecule has 1 N–H and O–H groups in total. The van der Waals surface area contributed by atoms with E-state index in [9.17, 15) is 13.2 Å². The Labute approximate surface area is 176 Å². The van der Waals surface area contributed by atoms with Crippen LogP contribution < -0.4 is 9.62 Å². The number of nitrogens with zero attached hydrogens (tertiary/aromatic N) is 1. The minimum absolute atomic E-state index is 0.165. The molecular weight excluding hydrogens is 419 g/mol. The Hall–Kier alpha value is -1.76. The lowest BCUT2D eigenvalue weighted by atomic mass is 10.00. The third-order valence-electron chi connectivity index (χ3n) is 4.49. The summed E-state index contributed by atoms with van der Waals surface area (Å²) in [6, 6.07) is 9.19. The molecule has 2 rings (SSSR count). The van der Waals surface area contributed by atoms with Crippen molar-refractivity contribution in [3.05, 3.63) is 63.1 Å². The molecule has 152 valence electrons. The van der Waals surface area contributed by atoms with Gasteiger partial charge in [-0.2, -0.15) is 0 Å². The summed E-state index contributed by atoms with van der Waals surface area (Å²) in [5, 5.41) is 3.41. The van der Waals surface area contributed by atoms with Gasteiger partial charge in [-0.3, -0.25) is 9.10 Å². The highest BCUT2D eigenvalue weighted by molar-refractivity contribution is 7.92. The van der Waals surface area contributed by atoms with Crippen LogP contribution in [0.3, 0.4) is 0 Å². The number of anilines is 1. The number of rotatable bonds is 6. The van der Waals surface area contributed by atoms with E-state index >= 15 is 0 Å². The molecule has 0 aliphatic rings. The fraction of sp³-hybridized carbons (Fsp3) is 0.350. The number of hydrogen-bond donors (Lipinski definition) is 1. The first-order chi connectivity index (χ1) is 12.9. The van der Waals surface area contributed by atoms with Gasteiger partial charge in [-0.25, -0.2) is 8.42 Å². The lowest BCUT2D eigenvalue weighted by molar-refractivity contribution is -0.122. The Balaban J connectivity index is 2.34. The summed E-state index contributed by atoms with van der Waals surface area (Å²) in [5.74, 6) is -0.435. The predicted octanol–water partition coefficient (Wildman–Crippen LogP) is 4.64. The Kier molecular flexibility index (Phi) is 7.02. The second kappa shape index (κ2) is 8.72. The quantitative estimate of drug-likeness (QED) is 0.707. The van der Waals surface area contributed by atoms with Crippen molar-refractivity contribution in [3.63, 3.8) is 0 Å². The van der Waals surface area contributed by atoms with Crippen LogP contribution in [0.2, 0.25) is 10.0 Å². The van der Waals surface area contributed by atoms with Crippen LogP contribution in [-0.4, -0.2) is 26.6 Å². The van der Waals surface area contributed by atoms with Crippen LogP contribution in [0.4, 0.5) is 5.69 Å². The molecule has 0 aliphatic carbocycles. The minimum Gasteiger partial charge on any atom is -0.348 e. The molecule has 0 saturated heterocycles. The van der Waals surface area contributed by atoms with Crippen molar-refractivity contribution in [2.24, 2.45) is 0 Å². The first kappa shape index (κ1) is 22.5. The second-order valence-corrected chi connectivity index (χ2v) is 9.62. The van der Waals surface area contributed by atoms with Gasteiger partial charge in [0.25, 0.3) is 0 Å². The molecule has 0 heterocycles. The standard InChI is InChI=1S/C20H24Cl2N2O3S/c1-12-6-7-13(2)17(10-12)14(3)23-20(25)15(4)24(28(5,26)27)19-11-16(21)8-9-18(19)22/h6-11,14-15H,1-5H3,(H,23,25). The van der Waals surface area contributed by atoms with Gasteiger partial charge in [0.1, 0.15) is 6.04 Å². The molecule has 2 atom stereocenters. The number of amides is 1. The van der Waals surface area contributed by atoms with Gasteiger partial charge in [0, 0.05) is 5.02 Å². The third-order valence-corrected chi connectivity index (χ3v) is 6.28. The number of benzene rings is 2. The van der Waals surface area contributed by atoms with Crippen molar-refractivity contribution in [1.29, 1.82) is 0 Å². The van der Waals surface area contributed by atoms with Crippen molar-refractivity contribution < 1.29 is 13.2 Å². The number of nitrogens with one attached hydrogen (secondary N) is 1. The van der Waals surface area contributed by atoms with Crippen molar-refractivity contribution in [2.75, 3.05) is 10.6 Å². The van der Waals surface area contributed by atoms with Crippen molar-refractivity contribution in [2.45, 2.75) is 39.8 Å². The van der Waals surface area contributed by atoms with Crippen LogP contribution in [-0.2, 0) is 14.8 Å². The van der Waals surface area contributed by atoms with Crippen molar-refractivity contribution in [3.8, 4) is 0 Å². The lowest BCUT2D eigenvalue weighted by Crippen LogP contribution is -2.48. The Morgan fingerprint density at radius 1 is 1.07 bits per heavy atom. The van der Waals surface area contributed by atoms with Gasteiger partial charge in [-0.05, 0) is 57.0 Å². The highest BCUT2D eigenvalue weighted by atomic mass is 35.5. The lowest BCUT2D eigenvalue weighted by Gasteiger charge is -2.30. The van der Waals surface area contributed by atoms with E-state index in [4.69, 9.17) is 23.2 Å². The van der Waals surface area contributed by atoms with Crippen LogP contribution >= 0.6 is 23.2 Å². The molecule has 0 spiro atoms. The summed E-state index contributed by atoms with van der Waals surface area (Å²) in [6.45, 7) is 7.33. The molecule has 2 unspecified atom stereocenters. The summed E-state index contributed by atoms with van der Waals surface area (Å²) < 4.78 is 25.9. The summed E-state index contributed by atoms with van der Waals surface area (Å²) in [6.07, 6.45) is 1.03. The number of sulfonamides is 1. The molecule has 28 heavy (non-hydrogen) atoms. The Morgan fingerprint density at radius 3 is 2.32 bits per heavy atom. The summed E-state index contributed by atoms with van der Waals surface area (Å²) in [7, 11) is -3.79. The number of carbonyl (C=O) groups is 1. The number of aryl methyl sites for hydroxylation is 2. The first-order valence-corrected chi connectivity index (χ1v) is 11.3. The first-order valence-electron chi connectivity index (χ1n) is 8.73. The number of carbonyl (C=O) groups excluding carboxylic acids is 1. The minimum atomic E-state index is -3.79. The van der Waals surface area contributed by atoms with E-state index in [1.165, 1.54) is 19.1 Å². The fourth-order valence-electron chi connectivity index (χ4n) is 3.07. The van der Waals surface area contributed by atoms with E-state index in [1.807, 2.05) is 39.0 Å². The van der Waals surface area contributed by atoms with Gasteiger partial charge in [-0.15, -0.1) is 0 Å². The van der Waals surface area contributed by atoms with Crippen LogP contribution in [0.1, 0.15) is 36.6 Å². The van der Waals surface area contributed by atoms with Gasteiger partial charge in [0.15, 0.2) is 0 Å². The van der Waals surface area contributed by atoms with Gasteiger partial charge >= 0.3 is 0 Å². The van der Waals surface area contributed by atoms with Crippen molar-refractivity contribution >= 4 is 44.8 Å². The van der Waals surface area contributed by atoms with Gasteiger partial charge in [0.2, 0.25) is 15.9 Å². The monoisotopic (exact) mass is 442 g/mol. The summed E-state index contributed by atoms with van der Waals surface area (Å²) in [5.41, 5.74) is 3.27. The molecule has 0 bridgehead atoms. The molecule has 2 aromatic carbocycles. The maximum Gasteiger partial charge on any atom is 0.244 e. The van der Waals surface area contributed by atoms with E-state index in [2.05, 4.69) is 5.32 Å². The maximum atomic E-state index is 12.9. The number of halogens is 2. The van der Waals surface area contributed by atoms with E-state index < -0.39 is 22.0 Å². The van der Waals surface area contributed by atoms with E-state index in [-0.39, 0.29) is 16.8 Å². The van der Waals surface area contributed by atoms with Crippen LogP contribution in [0.25, 0.3) is 0 Å².